The molecule has 0 bridgehead atoms. The highest BCUT2D eigenvalue weighted by atomic mass is 15.3. The molecule has 3 aromatic heterocycles. The highest BCUT2D eigenvalue weighted by Crippen LogP contribution is 2.18. The Labute approximate surface area is 110 Å². The Kier molecular flexibility index (Phi) is 2.83. The van der Waals surface area contributed by atoms with Gasteiger partial charge < -0.3 is 5.32 Å². The van der Waals surface area contributed by atoms with E-state index in [9.17, 15) is 0 Å². The van der Waals surface area contributed by atoms with E-state index in [0.717, 1.165) is 28.1 Å². The lowest BCUT2D eigenvalue weighted by atomic mass is 10.2. The van der Waals surface area contributed by atoms with Crippen LogP contribution in [0.4, 0.5) is 5.82 Å². The Morgan fingerprint density at radius 1 is 1.16 bits per heavy atom. The maximum Gasteiger partial charge on any atom is 0.163 e. The standard InChI is InChI=1S/C13H14N6/c1-9-3-4-10(5-14-9)6-15-12-11-7-18-19(2)13(11)17-8-16-12/h3-5,7-8H,6H2,1-2H3,(H,15,16,17). The topological polar surface area (TPSA) is 68.5 Å². The van der Waals surface area contributed by atoms with Crippen molar-refractivity contribution in [2.75, 3.05) is 5.32 Å². The van der Waals surface area contributed by atoms with Gasteiger partial charge in [-0.3, -0.25) is 9.67 Å². The summed E-state index contributed by atoms with van der Waals surface area (Å²) in [6.07, 6.45) is 5.18. The molecular weight excluding hydrogens is 240 g/mol. The van der Waals surface area contributed by atoms with Gasteiger partial charge in [0.25, 0.3) is 0 Å². The highest BCUT2D eigenvalue weighted by Gasteiger charge is 2.07. The predicted molar refractivity (Wildman–Crippen MR) is 72.6 cm³/mol. The maximum atomic E-state index is 4.27. The van der Waals surface area contributed by atoms with E-state index < -0.39 is 0 Å². The number of aromatic nitrogens is 5. The molecule has 1 N–H and O–H groups in total. The first-order chi connectivity index (χ1) is 9.24. The van der Waals surface area contributed by atoms with Crippen LogP contribution in [-0.2, 0) is 13.6 Å². The van der Waals surface area contributed by atoms with Gasteiger partial charge in [0.1, 0.15) is 12.1 Å². The van der Waals surface area contributed by atoms with Gasteiger partial charge in [-0.1, -0.05) is 6.07 Å². The van der Waals surface area contributed by atoms with Crippen molar-refractivity contribution < 1.29 is 0 Å². The zero-order valence-corrected chi connectivity index (χ0v) is 10.8. The van der Waals surface area contributed by atoms with Crippen LogP contribution in [0.15, 0.2) is 30.9 Å². The molecule has 0 amide bonds. The molecular formula is C13H14N6. The number of hydrogen-bond donors (Lipinski definition) is 1. The lowest BCUT2D eigenvalue weighted by molar-refractivity contribution is 0.785. The zero-order chi connectivity index (χ0) is 13.2. The molecule has 0 aliphatic rings. The molecule has 0 aromatic carbocycles. The molecule has 0 fully saturated rings. The van der Waals surface area contributed by atoms with Crippen molar-refractivity contribution in [1.82, 2.24) is 24.7 Å². The molecule has 3 rings (SSSR count). The molecule has 0 spiro atoms. The van der Waals surface area contributed by atoms with Crippen LogP contribution in [0.3, 0.4) is 0 Å². The van der Waals surface area contributed by atoms with E-state index in [1.165, 1.54) is 0 Å². The second kappa shape index (κ2) is 4.64. The summed E-state index contributed by atoms with van der Waals surface area (Å²) in [5.74, 6) is 0.790. The Hall–Kier alpha value is -2.50. The Bertz CT molecular complexity index is 701. The Morgan fingerprint density at radius 2 is 2.05 bits per heavy atom. The molecule has 96 valence electrons. The minimum atomic E-state index is 0.675. The number of pyridine rings is 1. The monoisotopic (exact) mass is 254 g/mol. The van der Waals surface area contributed by atoms with Gasteiger partial charge in [0.05, 0.1) is 11.6 Å². The van der Waals surface area contributed by atoms with Crippen molar-refractivity contribution in [3.63, 3.8) is 0 Å². The van der Waals surface area contributed by atoms with Crippen molar-refractivity contribution in [3.05, 3.63) is 42.1 Å². The molecule has 0 radical (unpaired) electrons. The lowest BCUT2D eigenvalue weighted by Crippen LogP contribution is -2.03. The summed E-state index contributed by atoms with van der Waals surface area (Å²) in [6.45, 7) is 2.65. The van der Waals surface area contributed by atoms with Crippen molar-refractivity contribution >= 4 is 16.9 Å². The minimum Gasteiger partial charge on any atom is -0.365 e. The molecule has 3 heterocycles. The summed E-state index contributed by atoms with van der Waals surface area (Å²) in [5.41, 5.74) is 2.95. The largest absolute Gasteiger partial charge is 0.365 e. The fraction of sp³-hybridized carbons (Fsp3) is 0.231. The van der Waals surface area contributed by atoms with Crippen LogP contribution in [-0.4, -0.2) is 24.7 Å². The number of aryl methyl sites for hydroxylation is 2. The molecule has 0 aliphatic carbocycles. The average Bonchev–Trinajstić information content (AvgIpc) is 2.81. The van der Waals surface area contributed by atoms with E-state index in [1.807, 2.05) is 26.2 Å². The average molecular weight is 254 g/mol. The molecule has 6 nitrogen and oxygen atoms in total. The Morgan fingerprint density at radius 3 is 2.84 bits per heavy atom. The molecule has 0 unspecified atom stereocenters. The molecule has 0 saturated carbocycles. The van der Waals surface area contributed by atoms with Gasteiger partial charge in [0.2, 0.25) is 0 Å². The summed E-state index contributed by atoms with van der Waals surface area (Å²) < 4.78 is 1.73. The van der Waals surface area contributed by atoms with Crippen molar-refractivity contribution in [2.24, 2.45) is 7.05 Å². The third-order valence-corrected chi connectivity index (χ3v) is 2.96. The normalized spacial score (nSPS) is 10.8. The smallest absolute Gasteiger partial charge is 0.163 e. The fourth-order valence-corrected chi connectivity index (χ4v) is 1.89. The number of hydrogen-bond acceptors (Lipinski definition) is 5. The third-order valence-electron chi connectivity index (χ3n) is 2.96. The SMILES string of the molecule is Cc1ccc(CNc2ncnc3c2cnn3C)cn1. The zero-order valence-electron chi connectivity index (χ0n) is 10.8. The van der Waals surface area contributed by atoms with E-state index >= 15 is 0 Å². The molecule has 0 atom stereocenters. The first kappa shape index (κ1) is 11.6. The molecule has 0 aliphatic heterocycles. The summed E-state index contributed by atoms with van der Waals surface area (Å²) >= 11 is 0. The Balaban J connectivity index is 1.83. The van der Waals surface area contributed by atoms with E-state index in [-0.39, 0.29) is 0 Å². The summed E-state index contributed by atoms with van der Waals surface area (Å²) in [6, 6.07) is 4.05. The summed E-state index contributed by atoms with van der Waals surface area (Å²) in [7, 11) is 1.86. The van der Waals surface area contributed by atoms with Crippen LogP contribution in [0.5, 0.6) is 0 Å². The number of anilines is 1. The van der Waals surface area contributed by atoms with Crippen LogP contribution < -0.4 is 5.32 Å². The van der Waals surface area contributed by atoms with E-state index in [0.29, 0.717) is 6.54 Å². The fourth-order valence-electron chi connectivity index (χ4n) is 1.89. The second-order valence-electron chi connectivity index (χ2n) is 4.39. The number of rotatable bonds is 3. The quantitative estimate of drug-likeness (QED) is 0.770. The number of nitrogens with zero attached hydrogens (tertiary/aromatic N) is 5. The van der Waals surface area contributed by atoms with Gasteiger partial charge in [0, 0.05) is 25.5 Å². The third kappa shape index (κ3) is 2.24. The summed E-state index contributed by atoms with van der Waals surface area (Å²) in [4.78, 5) is 12.7. The van der Waals surface area contributed by atoms with Crippen LogP contribution in [0.25, 0.3) is 11.0 Å². The number of fused-ring (bicyclic) bond motifs is 1. The van der Waals surface area contributed by atoms with Crippen LogP contribution >= 0.6 is 0 Å². The van der Waals surface area contributed by atoms with Crippen molar-refractivity contribution in [2.45, 2.75) is 13.5 Å². The summed E-state index contributed by atoms with van der Waals surface area (Å²) in [5, 5.41) is 8.40. The maximum absolute atomic E-state index is 4.27. The van der Waals surface area contributed by atoms with Gasteiger partial charge >= 0.3 is 0 Å². The minimum absolute atomic E-state index is 0.675. The van der Waals surface area contributed by atoms with Crippen LogP contribution in [0.1, 0.15) is 11.3 Å². The molecule has 19 heavy (non-hydrogen) atoms. The molecule has 6 heteroatoms. The van der Waals surface area contributed by atoms with Gasteiger partial charge in [-0.05, 0) is 18.6 Å². The van der Waals surface area contributed by atoms with Gasteiger partial charge in [-0.2, -0.15) is 5.10 Å². The van der Waals surface area contributed by atoms with Crippen molar-refractivity contribution in [1.29, 1.82) is 0 Å². The van der Waals surface area contributed by atoms with Gasteiger partial charge in [-0.15, -0.1) is 0 Å². The predicted octanol–water partition coefficient (Wildman–Crippen LogP) is 1.68. The van der Waals surface area contributed by atoms with Gasteiger partial charge in [-0.25, -0.2) is 9.97 Å². The van der Waals surface area contributed by atoms with E-state index in [1.54, 1.807) is 17.2 Å². The molecule has 0 saturated heterocycles. The van der Waals surface area contributed by atoms with Crippen LogP contribution in [0.2, 0.25) is 0 Å². The van der Waals surface area contributed by atoms with Crippen LogP contribution in [0, 0.1) is 6.92 Å². The van der Waals surface area contributed by atoms with Gasteiger partial charge in [0.15, 0.2) is 5.65 Å². The van der Waals surface area contributed by atoms with E-state index in [4.69, 9.17) is 0 Å². The molecule has 3 aromatic rings. The second-order valence-corrected chi connectivity index (χ2v) is 4.39. The highest BCUT2D eigenvalue weighted by molar-refractivity contribution is 5.85. The van der Waals surface area contributed by atoms with Crippen molar-refractivity contribution in [3.8, 4) is 0 Å². The lowest BCUT2D eigenvalue weighted by Gasteiger charge is -2.06. The first-order valence-electron chi connectivity index (χ1n) is 6.02. The van der Waals surface area contributed by atoms with E-state index in [2.05, 4.69) is 31.4 Å². The number of nitrogens with one attached hydrogen (secondary N) is 1. The first-order valence-corrected chi connectivity index (χ1v) is 6.02.